The highest BCUT2D eigenvalue weighted by atomic mass is 19.1. The minimum absolute atomic E-state index is 0.164. The Bertz CT molecular complexity index is 390. The van der Waals surface area contributed by atoms with Gasteiger partial charge in [0.25, 0.3) is 0 Å². The number of anilines is 1. The van der Waals surface area contributed by atoms with Crippen molar-refractivity contribution in [1.82, 2.24) is 0 Å². The number of nitrogens with zero attached hydrogens (tertiary/aromatic N) is 1. The van der Waals surface area contributed by atoms with E-state index in [1.54, 1.807) is 12.1 Å². The third-order valence-corrected chi connectivity index (χ3v) is 4.56. The molecule has 2 rings (SSSR count). The molecule has 1 aliphatic rings. The molecule has 0 aromatic heterocycles. The van der Waals surface area contributed by atoms with Gasteiger partial charge in [-0.2, -0.15) is 0 Å². The summed E-state index contributed by atoms with van der Waals surface area (Å²) >= 11 is 0. The van der Waals surface area contributed by atoms with Crippen molar-refractivity contribution < 1.29 is 4.39 Å². The molecule has 2 unspecified atom stereocenters. The lowest BCUT2D eigenvalue weighted by molar-refractivity contribution is 0.284. The highest BCUT2D eigenvalue weighted by molar-refractivity contribution is 5.47. The van der Waals surface area contributed by atoms with Gasteiger partial charge in [0.15, 0.2) is 0 Å². The lowest BCUT2D eigenvalue weighted by Crippen LogP contribution is -2.43. The van der Waals surface area contributed by atoms with Crippen LogP contribution in [0.3, 0.4) is 0 Å². The zero-order valence-electron chi connectivity index (χ0n) is 12.5. The van der Waals surface area contributed by atoms with Gasteiger partial charge in [0.1, 0.15) is 5.82 Å². The maximum absolute atomic E-state index is 13.1. The lowest BCUT2D eigenvalue weighted by Gasteiger charge is -2.41. The van der Waals surface area contributed by atoms with E-state index in [-0.39, 0.29) is 5.82 Å². The highest BCUT2D eigenvalue weighted by Crippen LogP contribution is 2.33. The molecule has 2 atom stereocenters. The van der Waals surface area contributed by atoms with Crippen LogP contribution in [0.4, 0.5) is 10.1 Å². The van der Waals surface area contributed by atoms with Crippen molar-refractivity contribution in [3.63, 3.8) is 0 Å². The standard InChI is InChI=1S/C17H27FN2/c1-2-14-6-3-4-7-17(14)20(13-5-12-19)16-10-8-15(18)9-11-16/h8-11,14,17H,2-7,12-13,19H2,1H3. The van der Waals surface area contributed by atoms with E-state index < -0.39 is 0 Å². The lowest BCUT2D eigenvalue weighted by atomic mass is 9.81. The van der Waals surface area contributed by atoms with Crippen molar-refractivity contribution in [2.24, 2.45) is 11.7 Å². The first-order valence-corrected chi connectivity index (χ1v) is 7.98. The summed E-state index contributed by atoms with van der Waals surface area (Å²) in [7, 11) is 0. The van der Waals surface area contributed by atoms with Gasteiger partial charge >= 0.3 is 0 Å². The molecule has 2 nitrogen and oxygen atoms in total. The molecule has 3 heteroatoms. The normalized spacial score (nSPS) is 22.8. The quantitative estimate of drug-likeness (QED) is 0.853. The van der Waals surface area contributed by atoms with Crippen molar-refractivity contribution in [3.8, 4) is 0 Å². The zero-order valence-corrected chi connectivity index (χ0v) is 12.5. The topological polar surface area (TPSA) is 29.3 Å². The van der Waals surface area contributed by atoms with Gasteiger partial charge in [-0.25, -0.2) is 4.39 Å². The largest absolute Gasteiger partial charge is 0.368 e. The molecule has 0 heterocycles. The van der Waals surface area contributed by atoms with Crippen molar-refractivity contribution in [3.05, 3.63) is 30.1 Å². The summed E-state index contributed by atoms with van der Waals surface area (Å²) in [5.41, 5.74) is 6.83. The Morgan fingerprint density at radius 2 is 1.90 bits per heavy atom. The molecule has 1 aromatic carbocycles. The number of halogens is 1. The minimum Gasteiger partial charge on any atom is -0.368 e. The smallest absolute Gasteiger partial charge is 0.123 e. The summed E-state index contributed by atoms with van der Waals surface area (Å²) in [6.45, 7) is 3.97. The van der Waals surface area contributed by atoms with Crippen LogP contribution < -0.4 is 10.6 Å². The van der Waals surface area contributed by atoms with Gasteiger partial charge < -0.3 is 10.6 Å². The van der Waals surface area contributed by atoms with Gasteiger partial charge in [-0.3, -0.25) is 0 Å². The van der Waals surface area contributed by atoms with E-state index in [0.717, 1.165) is 24.6 Å². The molecule has 1 saturated carbocycles. The predicted octanol–water partition coefficient (Wildman–Crippen LogP) is 3.95. The summed E-state index contributed by atoms with van der Waals surface area (Å²) in [6.07, 6.45) is 7.45. The van der Waals surface area contributed by atoms with Crippen LogP contribution in [0, 0.1) is 11.7 Å². The van der Waals surface area contributed by atoms with Crippen LogP contribution in [0.15, 0.2) is 24.3 Å². The fourth-order valence-corrected chi connectivity index (χ4v) is 3.46. The van der Waals surface area contributed by atoms with E-state index in [9.17, 15) is 4.39 Å². The Kier molecular flexibility index (Phi) is 5.84. The summed E-state index contributed by atoms with van der Waals surface area (Å²) in [4.78, 5) is 2.47. The van der Waals surface area contributed by atoms with Crippen LogP contribution in [0.5, 0.6) is 0 Å². The van der Waals surface area contributed by atoms with E-state index in [1.165, 1.54) is 32.1 Å². The van der Waals surface area contributed by atoms with Gasteiger partial charge in [-0.1, -0.05) is 26.2 Å². The van der Waals surface area contributed by atoms with Crippen molar-refractivity contribution >= 4 is 5.69 Å². The monoisotopic (exact) mass is 278 g/mol. The Morgan fingerprint density at radius 3 is 2.55 bits per heavy atom. The second-order valence-electron chi connectivity index (χ2n) is 5.83. The maximum Gasteiger partial charge on any atom is 0.123 e. The number of hydrogen-bond donors (Lipinski definition) is 1. The molecular formula is C17H27FN2. The molecule has 112 valence electrons. The molecule has 1 aromatic rings. The maximum atomic E-state index is 13.1. The average Bonchev–Trinajstić information content (AvgIpc) is 2.50. The summed E-state index contributed by atoms with van der Waals surface area (Å²) in [5.74, 6) is 0.592. The summed E-state index contributed by atoms with van der Waals surface area (Å²) in [5, 5.41) is 0. The molecule has 0 aliphatic heterocycles. The van der Waals surface area contributed by atoms with Crippen LogP contribution >= 0.6 is 0 Å². The highest BCUT2D eigenvalue weighted by Gasteiger charge is 2.28. The Morgan fingerprint density at radius 1 is 1.20 bits per heavy atom. The van der Waals surface area contributed by atoms with E-state index >= 15 is 0 Å². The fraction of sp³-hybridized carbons (Fsp3) is 0.647. The summed E-state index contributed by atoms with van der Waals surface area (Å²) in [6, 6.07) is 7.54. The van der Waals surface area contributed by atoms with Gasteiger partial charge in [0.2, 0.25) is 0 Å². The van der Waals surface area contributed by atoms with Crippen molar-refractivity contribution in [2.75, 3.05) is 18.0 Å². The van der Waals surface area contributed by atoms with Gasteiger partial charge in [-0.15, -0.1) is 0 Å². The molecule has 1 fully saturated rings. The third-order valence-electron chi connectivity index (χ3n) is 4.56. The van der Waals surface area contributed by atoms with Crippen molar-refractivity contribution in [2.45, 2.75) is 51.5 Å². The van der Waals surface area contributed by atoms with Crippen LogP contribution in [0.25, 0.3) is 0 Å². The number of benzene rings is 1. The number of rotatable bonds is 6. The van der Waals surface area contributed by atoms with E-state index in [1.807, 2.05) is 12.1 Å². The predicted molar refractivity (Wildman–Crippen MR) is 83.5 cm³/mol. The second kappa shape index (κ2) is 7.63. The SMILES string of the molecule is CCC1CCCCC1N(CCCN)c1ccc(F)cc1. The number of hydrogen-bond acceptors (Lipinski definition) is 2. The third kappa shape index (κ3) is 3.72. The first-order chi connectivity index (χ1) is 9.76. The minimum atomic E-state index is -0.164. The van der Waals surface area contributed by atoms with E-state index in [4.69, 9.17) is 5.73 Å². The molecular weight excluding hydrogens is 251 g/mol. The van der Waals surface area contributed by atoms with Crippen LogP contribution in [0.2, 0.25) is 0 Å². The molecule has 0 amide bonds. The Labute approximate surface area is 122 Å². The molecule has 2 N–H and O–H groups in total. The Hall–Kier alpha value is -1.09. The van der Waals surface area contributed by atoms with Crippen molar-refractivity contribution in [1.29, 1.82) is 0 Å². The molecule has 20 heavy (non-hydrogen) atoms. The second-order valence-corrected chi connectivity index (χ2v) is 5.83. The van der Waals surface area contributed by atoms with Crippen LogP contribution in [-0.4, -0.2) is 19.1 Å². The molecule has 0 bridgehead atoms. The Balaban J connectivity index is 2.18. The molecule has 0 saturated heterocycles. The van der Waals surface area contributed by atoms with E-state index in [0.29, 0.717) is 12.6 Å². The van der Waals surface area contributed by atoms with Gasteiger partial charge in [-0.05, 0) is 56.0 Å². The molecule has 1 aliphatic carbocycles. The van der Waals surface area contributed by atoms with E-state index in [2.05, 4.69) is 11.8 Å². The van der Waals surface area contributed by atoms with Crippen LogP contribution in [-0.2, 0) is 0 Å². The number of nitrogens with two attached hydrogens (primary N) is 1. The first-order valence-electron chi connectivity index (χ1n) is 7.98. The van der Waals surface area contributed by atoms with Gasteiger partial charge in [0, 0.05) is 18.3 Å². The molecule has 0 radical (unpaired) electrons. The summed E-state index contributed by atoms with van der Waals surface area (Å²) < 4.78 is 13.1. The van der Waals surface area contributed by atoms with Crippen LogP contribution in [0.1, 0.15) is 45.4 Å². The average molecular weight is 278 g/mol. The first kappa shape index (κ1) is 15.3. The zero-order chi connectivity index (χ0) is 14.4. The fourth-order valence-electron chi connectivity index (χ4n) is 3.46. The molecule has 0 spiro atoms. The van der Waals surface area contributed by atoms with Gasteiger partial charge in [0.05, 0.1) is 0 Å².